The molecule has 0 unspecified atom stereocenters. The van der Waals surface area contributed by atoms with Crippen molar-refractivity contribution in [3.05, 3.63) is 59.1 Å². The summed E-state index contributed by atoms with van der Waals surface area (Å²) >= 11 is 6.17. The van der Waals surface area contributed by atoms with Gasteiger partial charge in [0.15, 0.2) is 11.5 Å². The predicted molar refractivity (Wildman–Crippen MR) is 116 cm³/mol. The summed E-state index contributed by atoms with van der Waals surface area (Å²) in [4.78, 5) is 14.2. The molecule has 28 heavy (non-hydrogen) atoms. The molecule has 0 saturated carbocycles. The molecule has 0 aromatic heterocycles. The Balaban J connectivity index is 1.74. The molecule has 0 radical (unpaired) electrons. The lowest BCUT2D eigenvalue weighted by Gasteiger charge is -2.18. The molecule has 2 aromatic carbocycles. The molecule has 0 aliphatic heterocycles. The van der Waals surface area contributed by atoms with Gasteiger partial charge in [0.25, 0.3) is 0 Å². The van der Waals surface area contributed by atoms with E-state index >= 15 is 0 Å². The van der Waals surface area contributed by atoms with Gasteiger partial charge in [-0.3, -0.25) is 4.79 Å². The fourth-order valence-electron chi connectivity index (χ4n) is 2.76. The van der Waals surface area contributed by atoms with Gasteiger partial charge in [0.05, 0.1) is 19.2 Å². The Bertz CT molecular complexity index is 794. The maximum atomic E-state index is 12.0. The Hall–Kier alpha value is -2.66. The Morgan fingerprint density at radius 1 is 1.14 bits per heavy atom. The standard InChI is InChI=1S/C22H27ClN2O3/c1-25(18-9-5-4-6-10-18)14-8-7-13-24-21(26)12-11-17-15-19(23)22(28-3)20(16-17)27-2/h4-6,9-12,15-16H,7-8,13-14H2,1-3H3,(H,24,26)/b12-11+. The van der Waals surface area contributed by atoms with E-state index in [1.807, 2.05) is 18.2 Å². The zero-order valence-corrected chi connectivity index (χ0v) is 17.3. The molecule has 1 amide bonds. The second-order valence-electron chi connectivity index (χ2n) is 6.33. The number of anilines is 1. The van der Waals surface area contributed by atoms with Gasteiger partial charge < -0.3 is 19.7 Å². The van der Waals surface area contributed by atoms with Crippen molar-refractivity contribution >= 4 is 29.3 Å². The molecule has 5 nitrogen and oxygen atoms in total. The van der Waals surface area contributed by atoms with Crippen molar-refractivity contribution in [1.29, 1.82) is 0 Å². The number of unbranched alkanes of at least 4 members (excludes halogenated alkanes) is 1. The van der Waals surface area contributed by atoms with E-state index in [9.17, 15) is 4.79 Å². The SMILES string of the molecule is COc1cc(/C=C/C(=O)NCCCCN(C)c2ccccc2)cc(Cl)c1OC. The zero-order valence-electron chi connectivity index (χ0n) is 16.6. The summed E-state index contributed by atoms with van der Waals surface area (Å²) in [7, 11) is 5.15. The summed E-state index contributed by atoms with van der Waals surface area (Å²) in [5.41, 5.74) is 1.96. The number of carbonyl (C=O) groups is 1. The highest BCUT2D eigenvalue weighted by Crippen LogP contribution is 2.36. The van der Waals surface area contributed by atoms with E-state index in [0.29, 0.717) is 23.1 Å². The molecule has 150 valence electrons. The molecule has 0 spiro atoms. The van der Waals surface area contributed by atoms with Crippen LogP contribution >= 0.6 is 11.6 Å². The van der Waals surface area contributed by atoms with E-state index < -0.39 is 0 Å². The average molecular weight is 403 g/mol. The molecule has 0 saturated heterocycles. The number of para-hydroxylation sites is 1. The molecule has 0 fully saturated rings. The van der Waals surface area contributed by atoms with Crippen LogP contribution in [0.3, 0.4) is 0 Å². The lowest BCUT2D eigenvalue weighted by Crippen LogP contribution is -2.24. The molecule has 0 aliphatic rings. The quantitative estimate of drug-likeness (QED) is 0.472. The van der Waals surface area contributed by atoms with Crippen LogP contribution in [0.2, 0.25) is 5.02 Å². The maximum Gasteiger partial charge on any atom is 0.243 e. The molecular formula is C22H27ClN2O3. The summed E-state index contributed by atoms with van der Waals surface area (Å²) in [6.45, 7) is 1.58. The molecule has 0 aliphatic carbocycles. The van der Waals surface area contributed by atoms with Gasteiger partial charge in [-0.05, 0) is 48.7 Å². The van der Waals surface area contributed by atoms with Crippen LogP contribution < -0.4 is 19.7 Å². The molecule has 0 bridgehead atoms. The molecular weight excluding hydrogens is 376 g/mol. The molecule has 0 atom stereocenters. The normalized spacial score (nSPS) is 10.7. The minimum absolute atomic E-state index is 0.137. The van der Waals surface area contributed by atoms with Crippen LogP contribution in [0.25, 0.3) is 6.08 Å². The fourth-order valence-corrected chi connectivity index (χ4v) is 3.06. The highest BCUT2D eigenvalue weighted by Gasteiger charge is 2.09. The van der Waals surface area contributed by atoms with Gasteiger partial charge in [-0.25, -0.2) is 0 Å². The van der Waals surface area contributed by atoms with Gasteiger partial charge in [0.2, 0.25) is 5.91 Å². The number of nitrogens with zero attached hydrogens (tertiary/aromatic N) is 1. The first-order valence-electron chi connectivity index (χ1n) is 9.18. The first-order valence-corrected chi connectivity index (χ1v) is 9.56. The lowest BCUT2D eigenvalue weighted by atomic mass is 10.2. The molecule has 2 rings (SSSR count). The van der Waals surface area contributed by atoms with Crippen molar-refractivity contribution in [3.63, 3.8) is 0 Å². The van der Waals surface area contributed by atoms with Crippen LogP contribution in [0, 0.1) is 0 Å². The third kappa shape index (κ3) is 6.50. The smallest absolute Gasteiger partial charge is 0.243 e. The van der Waals surface area contributed by atoms with Gasteiger partial charge in [0.1, 0.15) is 0 Å². The average Bonchev–Trinajstić information content (AvgIpc) is 2.72. The minimum atomic E-state index is -0.137. The van der Waals surface area contributed by atoms with Gasteiger partial charge in [-0.2, -0.15) is 0 Å². The minimum Gasteiger partial charge on any atom is -0.493 e. The number of benzene rings is 2. The van der Waals surface area contributed by atoms with Crippen molar-refractivity contribution in [1.82, 2.24) is 5.32 Å². The van der Waals surface area contributed by atoms with Crippen molar-refractivity contribution in [2.75, 3.05) is 39.3 Å². The monoisotopic (exact) mass is 402 g/mol. The first kappa shape index (κ1) is 21.6. The Kier molecular flexibility index (Phi) is 8.69. The second-order valence-corrected chi connectivity index (χ2v) is 6.73. The Morgan fingerprint density at radius 3 is 2.57 bits per heavy atom. The number of hydrogen-bond donors (Lipinski definition) is 1. The van der Waals surface area contributed by atoms with Crippen LogP contribution in [0.4, 0.5) is 5.69 Å². The van der Waals surface area contributed by atoms with Crippen molar-refractivity contribution in [2.45, 2.75) is 12.8 Å². The van der Waals surface area contributed by atoms with Crippen LogP contribution in [0.15, 0.2) is 48.5 Å². The zero-order chi connectivity index (χ0) is 20.4. The Morgan fingerprint density at radius 2 is 1.89 bits per heavy atom. The van der Waals surface area contributed by atoms with E-state index in [1.165, 1.54) is 18.9 Å². The van der Waals surface area contributed by atoms with Crippen molar-refractivity contribution in [2.24, 2.45) is 0 Å². The highest BCUT2D eigenvalue weighted by atomic mass is 35.5. The molecule has 0 heterocycles. The van der Waals surface area contributed by atoms with Gasteiger partial charge in [-0.1, -0.05) is 29.8 Å². The fraction of sp³-hybridized carbons (Fsp3) is 0.318. The van der Waals surface area contributed by atoms with Crippen molar-refractivity contribution in [3.8, 4) is 11.5 Å². The number of halogens is 1. The van der Waals surface area contributed by atoms with Gasteiger partial charge in [0, 0.05) is 31.9 Å². The number of rotatable bonds is 10. The van der Waals surface area contributed by atoms with E-state index in [4.69, 9.17) is 21.1 Å². The number of carbonyl (C=O) groups excluding carboxylic acids is 1. The number of hydrogen-bond acceptors (Lipinski definition) is 4. The highest BCUT2D eigenvalue weighted by molar-refractivity contribution is 6.32. The summed E-state index contributed by atoms with van der Waals surface area (Å²) in [5, 5.41) is 3.33. The third-order valence-electron chi connectivity index (χ3n) is 4.30. The number of nitrogens with one attached hydrogen (secondary N) is 1. The maximum absolute atomic E-state index is 12.0. The van der Waals surface area contributed by atoms with E-state index in [-0.39, 0.29) is 5.91 Å². The molecule has 6 heteroatoms. The summed E-state index contributed by atoms with van der Waals surface area (Å²) in [6, 6.07) is 13.8. The summed E-state index contributed by atoms with van der Waals surface area (Å²) in [6.07, 6.45) is 5.11. The van der Waals surface area contributed by atoms with Gasteiger partial charge >= 0.3 is 0 Å². The summed E-state index contributed by atoms with van der Waals surface area (Å²) < 4.78 is 10.5. The number of ether oxygens (including phenoxy) is 2. The topological polar surface area (TPSA) is 50.8 Å². The molecule has 1 N–H and O–H groups in total. The van der Waals surface area contributed by atoms with Crippen LogP contribution in [-0.4, -0.2) is 40.3 Å². The second kappa shape index (κ2) is 11.2. The number of methoxy groups -OCH3 is 2. The largest absolute Gasteiger partial charge is 0.493 e. The first-order chi connectivity index (χ1) is 13.5. The van der Waals surface area contributed by atoms with Crippen molar-refractivity contribution < 1.29 is 14.3 Å². The van der Waals surface area contributed by atoms with Crippen LogP contribution in [-0.2, 0) is 4.79 Å². The van der Waals surface area contributed by atoms with Gasteiger partial charge in [-0.15, -0.1) is 0 Å². The van der Waals surface area contributed by atoms with Crippen LogP contribution in [0.5, 0.6) is 11.5 Å². The lowest BCUT2D eigenvalue weighted by molar-refractivity contribution is -0.116. The predicted octanol–water partition coefficient (Wildman–Crippen LogP) is 4.40. The Labute approximate surface area is 171 Å². The summed E-state index contributed by atoms with van der Waals surface area (Å²) in [5.74, 6) is 0.867. The van der Waals surface area contributed by atoms with E-state index in [2.05, 4.69) is 29.4 Å². The third-order valence-corrected chi connectivity index (χ3v) is 4.58. The van der Waals surface area contributed by atoms with E-state index in [1.54, 1.807) is 25.3 Å². The molecule has 2 aromatic rings. The van der Waals surface area contributed by atoms with Crippen LogP contribution in [0.1, 0.15) is 18.4 Å². The number of amides is 1. The van der Waals surface area contributed by atoms with E-state index in [0.717, 1.165) is 24.9 Å².